The first-order valence-electron chi connectivity index (χ1n) is 4.57. The highest BCUT2D eigenvalue weighted by Gasteiger charge is 2.26. The van der Waals surface area contributed by atoms with Crippen molar-refractivity contribution >= 4 is 5.91 Å². The number of primary amides is 1. The molecule has 0 spiro atoms. The van der Waals surface area contributed by atoms with E-state index < -0.39 is 0 Å². The summed E-state index contributed by atoms with van der Waals surface area (Å²) in [6.45, 7) is 2.07. The minimum absolute atomic E-state index is 0.0457. The van der Waals surface area contributed by atoms with E-state index in [0.29, 0.717) is 0 Å². The molecule has 1 aromatic rings. The number of amides is 1. The summed E-state index contributed by atoms with van der Waals surface area (Å²) < 4.78 is 0. The van der Waals surface area contributed by atoms with E-state index in [0.717, 1.165) is 18.4 Å². The second-order valence-corrected chi connectivity index (χ2v) is 3.70. The quantitative estimate of drug-likeness (QED) is 0.690. The largest absolute Gasteiger partial charge is 0.369 e. The Labute approximate surface area is 77.8 Å². The van der Waals surface area contributed by atoms with Gasteiger partial charge in [0.2, 0.25) is 5.91 Å². The fourth-order valence-electron chi connectivity index (χ4n) is 2.04. The van der Waals surface area contributed by atoms with Gasteiger partial charge in [-0.15, -0.1) is 0 Å². The van der Waals surface area contributed by atoms with Crippen molar-refractivity contribution in [2.24, 2.45) is 5.73 Å². The van der Waals surface area contributed by atoms with Crippen molar-refractivity contribution in [2.75, 3.05) is 0 Å². The van der Waals surface area contributed by atoms with E-state index in [9.17, 15) is 4.79 Å². The van der Waals surface area contributed by atoms with E-state index in [-0.39, 0.29) is 11.8 Å². The number of fused-ring (bicyclic) bond motifs is 1. The highest BCUT2D eigenvalue weighted by Crippen LogP contribution is 2.33. The number of nitrogens with two attached hydrogens (primary N) is 1. The molecule has 0 saturated heterocycles. The molecule has 0 fully saturated rings. The zero-order valence-electron chi connectivity index (χ0n) is 7.71. The fourth-order valence-corrected chi connectivity index (χ4v) is 2.04. The number of hydrogen-bond donors (Lipinski definition) is 1. The molecule has 0 saturated carbocycles. The van der Waals surface area contributed by atoms with Crippen molar-refractivity contribution in [1.82, 2.24) is 0 Å². The lowest BCUT2D eigenvalue weighted by atomic mass is 10.00. The van der Waals surface area contributed by atoms with Crippen molar-refractivity contribution in [3.05, 3.63) is 34.9 Å². The van der Waals surface area contributed by atoms with Gasteiger partial charge in [0.15, 0.2) is 0 Å². The monoisotopic (exact) mass is 175 g/mol. The lowest BCUT2D eigenvalue weighted by Gasteiger charge is -2.06. The van der Waals surface area contributed by atoms with Crippen molar-refractivity contribution in [2.45, 2.75) is 25.7 Å². The van der Waals surface area contributed by atoms with Gasteiger partial charge in [-0.3, -0.25) is 4.79 Å². The first-order valence-corrected chi connectivity index (χ1v) is 4.57. The zero-order chi connectivity index (χ0) is 9.42. The summed E-state index contributed by atoms with van der Waals surface area (Å²) in [7, 11) is 0. The summed E-state index contributed by atoms with van der Waals surface area (Å²) in [4.78, 5) is 11.1. The van der Waals surface area contributed by atoms with Crippen LogP contribution in [0.15, 0.2) is 18.2 Å². The number of aryl methyl sites for hydroxylation is 2. The molecule has 13 heavy (non-hydrogen) atoms. The number of carbonyl (C=O) groups excluding carboxylic acids is 1. The second-order valence-electron chi connectivity index (χ2n) is 3.70. The molecule has 0 heterocycles. The molecule has 2 N–H and O–H groups in total. The van der Waals surface area contributed by atoms with Crippen molar-refractivity contribution < 1.29 is 4.79 Å². The zero-order valence-corrected chi connectivity index (χ0v) is 7.71. The van der Waals surface area contributed by atoms with Gasteiger partial charge in [0.05, 0.1) is 5.92 Å². The smallest absolute Gasteiger partial charge is 0.224 e. The normalized spacial score (nSPS) is 19.9. The Morgan fingerprint density at radius 1 is 1.54 bits per heavy atom. The maximum absolute atomic E-state index is 11.1. The van der Waals surface area contributed by atoms with Gasteiger partial charge in [-0.25, -0.2) is 0 Å². The van der Waals surface area contributed by atoms with Crippen LogP contribution in [0.3, 0.4) is 0 Å². The molecule has 1 aliphatic rings. The van der Waals surface area contributed by atoms with Crippen LogP contribution in [0, 0.1) is 6.92 Å². The molecule has 1 atom stereocenters. The molecule has 2 rings (SSSR count). The molecule has 1 aliphatic carbocycles. The molecule has 0 bridgehead atoms. The number of rotatable bonds is 1. The van der Waals surface area contributed by atoms with E-state index in [1.807, 2.05) is 12.1 Å². The van der Waals surface area contributed by atoms with Gasteiger partial charge in [-0.2, -0.15) is 0 Å². The van der Waals surface area contributed by atoms with Gasteiger partial charge >= 0.3 is 0 Å². The fraction of sp³-hybridized carbons (Fsp3) is 0.364. The average Bonchev–Trinajstić information content (AvgIpc) is 2.46. The Balaban J connectivity index is 2.44. The molecule has 1 unspecified atom stereocenters. The standard InChI is InChI=1S/C11H13NO/c1-7-2-4-9-8(6-7)3-5-10(9)11(12)13/h2,4,6,10H,3,5H2,1H3,(H2,12,13). The predicted molar refractivity (Wildman–Crippen MR) is 51.4 cm³/mol. The molecule has 68 valence electrons. The van der Waals surface area contributed by atoms with Gasteiger partial charge in [-0.1, -0.05) is 23.8 Å². The summed E-state index contributed by atoms with van der Waals surface area (Å²) in [5, 5.41) is 0. The van der Waals surface area contributed by atoms with Crippen LogP contribution in [-0.2, 0) is 11.2 Å². The van der Waals surface area contributed by atoms with Gasteiger partial charge in [0, 0.05) is 0 Å². The SMILES string of the molecule is Cc1ccc2c(c1)CCC2C(N)=O. The molecule has 0 aromatic heterocycles. The summed E-state index contributed by atoms with van der Waals surface area (Å²) in [5.41, 5.74) is 9.00. The summed E-state index contributed by atoms with van der Waals surface area (Å²) in [6.07, 6.45) is 1.87. The summed E-state index contributed by atoms with van der Waals surface area (Å²) in [6, 6.07) is 6.23. The minimum Gasteiger partial charge on any atom is -0.369 e. The van der Waals surface area contributed by atoms with Gasteiger partial charge in [0.1, 0.15) is 0 Å². The minimum atomic E-state index is -0.192. The van der Waals surface area contributed by atoms with E-state index in [4.69, 9.17) is 5.73 Å². The topological polar surface area (TPSA) is 43.1 Å². The van der Waals surface area contributed by atoms with Crippen LogP contribution in [0.4, 0.5) is 0 Å². The van der Waals surface area contributed by atoms with E-state index in [1.165, 1.54) is 11.1 Å². The Bertz CT molecular complexity index is 357. The Hall–Kier alpha value is -1.31. The third kappa shape index (κ3) is 1.32. The lowest BCUT2D eigenvalue weighted by molar-refractivity contribution is -0.119. The Morgan fingerprint density at radius 3 is 3.00 bits per heavy atom. The molecule has 0 aliphatic heterocycles. The molecule has 2 nitrogen and oxygen atoms in total. The maximum atomic E-state index is 11.1. The van der Waals surface area contributed by atoms with E-state index >= 15 is 0 Å². The van der Waals surface area contributed by atoms with Crippen molar-refractivity contribution in [1.29, 1.82) is 0 Å². The third-order valence-corrected chi connectivity index (χ3v) is 2.72. The Kier molecular flexibility index (Phi) is 1.83. The van der Waals surface area contributed by atoms with Crippen LogP contribution in [0.2, 0.25) is 0 Å². The van der Waals surface area contributed by atoms with Gasteiger partial charge in [0.25, 0.3) is 0 Å². The maximum Gasteiger partial charge on any atom is 0.224 e. The molecule has 1 amide bonds. The average molecular weight is 175 g/mol. The van der Waals surface area contributed by atoms with Crippen LogP contribution >= 0.6 is 0 Å². The van der Waals surface area contributed by atoms with Crippen LogP contribution in [-0.4, -0.2) is 5.91 Å². The predicted octanol–water partition coefficient (Wildman–Crippen LogP) is 1.51. The molecule has 1 aromatic carbocycles. The third-order valence-electron chi connectivity index (χ3n) is 2.72. The van der Waals surface area contributed by atoms with Crippen molar-refractivity contribution in [3.63, 3.8) is 0 Å². The van der Waals surface area contributed by atoms with Crippen LogP contribution in [0.5, 0.6) is 0 Å². The molecular formula is C11H13NO. The Morgan fingerprint density at radius 2 is 2.31 bits per heavy atom. The van der Waals surface area contributed by atoms with Crippen LogP contribution < -0.4 is 5.73 Å². The summed E-state index contributed by atoms with van der Waals surface area (Å²) >= 11 is 0. The van der Waals surface area contributed by atoms with Crippen LogP contribution in [0.1, 0.15) is 29.0 Å². The first kappa shape index (κ1) is 8.30. The summed E-state index contributed by atoms with van der Waals surface area (Å²) in [5.74, 6) is -0.238. The molecular weight excluding hydrogens is 162 g/mol. The molecule has 0 radical (unpaired) electrons. The van der Waals surface area contributed by atoms with E-state index in [1.54, 1.807) is 0 Å². The van der Waals surface area contributed by atoms with Crippen LogP contribution in [0.25, 0.3) is 0 Å². The lowest BCUT2D eigenvalue weighted by Crippen LogP contribution is -2.19. The van der Waals surface area contributed by atoms with E-state index in [2.05, 4.69) is 13.0 Å². The highest BCUT2D eigenvalue weighted by molar-refractivity contribution is 5.83. The molecule has 2 heteroatoms. The first-order chi connectivity index (χ1) is 6.18. The highest BCUT2D eigenvalue weighted by atomic mass is 16.1. The van der Waals surface area contributed by atoms with Gasteiger partial charge < -0.3 is 5.73 Å². The number of carbonyl (C=O) groups is 1. The number of hydrogen-bond acceptors (Lipinski definition) is 1. The van der Waals surface area contributed by atoms with Crippen molar-refractivity contribution in [3.8, 4) is 0 Å². The second kappa shape index (κ2) is 2.87. The van der Waals surface area contributed by atoms with Gasteiger partial charge in [-0.05, 0) is 30.9 Å². The number of benzene rings is 1.